The first kappa shape index (κ1) is 14.9. The number of hydrogen-bond donors (Lipinski definition) is 1. The Labute approximate surface area is 121 Å². The second-order valence-corrected chi connectivity index (χ2v) is 5.91. The summed E-state index contributed by atoms with van der Waals surface area (Å²) in [7, 11) is 1.77. The van der Waals surface area contributed by atoms with Gasteiger partial charge in [0.1, 0.15) is 5.82 Å². The summed E-state index contributed by atoms with van der Waals surface area (Å²) in [5.74, 6) is 1.42. The van der Waals surface area contributed by atoms with Gasteiger partial charge >= 0.3 is 0 Å². The third-order valence-corrected chi connectivity index (χ3v) is 3.70. The van der Waals surface area contributed by atoms with Gasteiger partial charge in [-0.3, -0.25) is 0 Å². The highest BCUT2D eigenvalue weighted by Gasteiger charge is 2.31. The molecular weight excluding hydrogens is 254 g/mol. The number of nitrogen functional groups attached to an aromatic ring is 1. The lowest BCUT2D eigenvalue weighted by Gasteiger charge is -2.40. The van der Waals surface area contributed by atoms with Gasteiger partial charge in [0, 0.05) is 20.2 Å². The number of methoxy groups -OCH3 is 1. The summed E-state index contributed by atoms with van der Waals surface area (Å²) in [6, 6.07) is 3.81. The van der Waals surface area contributed by atoms with Gasteiger partial charge in [-0.1, -0.05) is 0 Å². The summed E-state index contributed by atoms with van der Waals surface area (Å²) in [4.78, 5) is 6.79. The number of rotatable bonds is 4. The molecule has 0 aromatic carbocycles. The van der Waals surface area contributed by atoms with Crippen LogP contribution in [0.15, 0.2) is 12.1 Å². The number of aromatic nitrogens is 1. The maximum Gasteiger partial charge on any atom is 0.239 e. The fraction of sp³-hybridized carbons (Fsp3) is 0.667. The highest BCUT2D eigenvalue weighted by atomic mass is 16.5. The Morgan fingerprint density at radius 1 is 1.40 bits per heavy atom. The Morgan fingerprint density at radius 2 is 2.15 bits per heavy atom. The van der Waals surface area contributed by atoms with Crippen molar-refractivity contribution in [1.82, 2.24) is 4.98 Å². The summed E-state index contributed by atoms with van der Waals surface area (Å²) in [5.41, 5.74) is 6.38. The van der Waals surface area contributed by atoms with Gasteiger partial charge in [-0.15, -0.1) is 0 Å². The molecule has 1 aromatic rings. The van der Waals surface area contributed by atoms with Crippen molar-refractivity contribution >= 4 is 11.5 Å². The van der Waals surface area contributed by atoms with Gasteiger partial charge in [0.15, 0.2) is 0 Å². The van der Waals surface area contributed by atoms with Crippen molar-refractivity contribution in [2.24, 2.45) is 0 Å². The lowest BCUT2D eigenvalue weighted by molar-refractivity contribution is -0.00484. The third kappa shape index (κ3) is 3.33. The molecule has 0 aliphatic carbocycles. The van der Waals surface area contributed by atoms with E-state index in [-0.39, 0.29) is 11.7 Å². The average molecular weight is 279 g/mol. The van der Waals surface area contributed by atoms with Crippen LogP contribution in [-0.4, -0.2) is 36.9 Å². The predicted molar refractivity (Wildman–Crippen MR) is 81.3 cm³/mol. The smallest absolute Gasteiger partial charge is 0.239 e. The predicted octanol–water partition coefficient (Wildman–Crippen LogP) is 2.46. The van der Waals surface area contributed by atoms with Crippen LogP contribution in [0.4, 0.5) is 11.5 Å². The van der Waals surface area contributed by atoms with E-state index >= 15 is 0 Å². The highest BCUT2D eigenvalue weighted by Crippen LogP contribution is 2.30. The van der Waals surface area contributed by atoms with Crippen molar-refractivity contribution < 1.29 is 9.47 Å². The molecule has 2 rings (SSSR count). The van der Waals surface area contributed by atoms with Crippen LogP contribution in [-0.2, 0) is 4.74 Å². The molecule has 0 spiro atoms. The molecule has 112 valence electrons. The van der Waals surface area contributed by atoms with Crippen molar-refractivity contribution in [2.75, 3.05) is 30.8 Å². The van der Waals surface area contributed by atoms with E-state index in [9.17, 15) is 0 Å². The third-order valence-electron chi connectivity index (χ3n) is 3.70. The van der Waals surface area contributed by atoms with Crippen molar-refractivity contribution in [3.8, 4) is 5.88 Å². The Bertz CT molecular complexity index is 464. The molecule has 2 heterocycles. The Kier molecular flexibility index (Phi) is 4.38. The molecule has 1 saturated heterocycles. The van der Waals surface area contributed by atoms with E-state index in [1.807, 2.05) is 26.0 Å². The topological polar surface area (TPSA) is 60.6 Å². The molecule has 5 nitrogen and oxygen atoms in total. The van der Waals surface area contributed by atoms with Crippen LogP contribution >= 0.6 is 0 Å². The molecule has 0 radical (unpaired) electrons. The maximum absolute atomic E-state index is 5.92. The van der Waals surface area contributed by atoms with Crippen LogP contribution in [0.25, 0.3) is 0 Å². The van der Waals surface area contributed by atoms with Gasteiger partial charge in [0.05, 0.1) is 17.4 Å². The summed E-state index contributed by atoms with van der Waals surface area (Å²) in [6.45, 7) is 7.90. The molecule has 1 unspecified atom stereocenters. The van der Waals surface area contributed by atoms with E-state index in [0.717, 1.165) is 31.7 Å². The Hall–Kier alpha value is -1.49. The molecule has 1 aliphatic rings. The van der Waals surface area contributed by atoms with Gasteiger partial charge in [0.2, 0.25) is 5.88 Å². The maximum atomic E-state index is 5.92. The van der Waals surface area contributed by atoms with Crippen LogP contribution < -0.4 is 15.4 Å². The fourth-order valence-corrected chi connectivity index (χ4v) is 2.50. The number of piperidine rings is 1. The zero-order chi connectivity index (χ0) is 14.8. The summed E-state index contributed by atoms with van der Waals surface area (Å²) >= 11 is 0. The molecule has 0 amide bonds. The normalized spacial score (nSPS) is 23.1. The second-order valence-electron chi connectivity index (χ2n) is 5.91. The first-order chi connectivity index (χ1) is 9.43. The van der Waals surface area contributed by atoms with E-state index in [1.165, 1.54) is 0 Å². The van der Waals surface area contributed by atoms with Gasteiger partial charge < -0.3 is 20.1 Å². The van der Waals surface area contributed by atoms with Gasteiger partial charge in [-0.25, -0.2) is 0 Å². The monoisotopic (exact) mass is 279 g/mol. The summed E-state index contributed by atoms with van der Waals surface area (Å²) in [5, 5.41) is 0. The van der Waals surface area contributed by atoms with Crippen molar-refractivity contribution in [2.45, 2.75) is 45.3 Å². The highest BCUT2D eigenvalue weighted by molar-refractivity contribution is 5.55. The largest absolute Gasteiger partial charge is 0.473 e. The number of nitrogens with zero attached hydrogens (tertiary/aromatic N) is 2. The molecule has 20 heavy (non-hydrogen) atoms. The lowest BCUT2D eigenvalue weighted by atomic mass is 9.95. The quantitative estimate of drug-likeness (QED) is 0.917. The summed E-state index contributed by atoms with van der Waals surface area (Å²) < 4.78 is 11.3. The molecule has 1 atom stereocenters. The minimum absolute atomic E-state index is 0.0608. The van der Waals surface area contributed by atoms with Crippen LogP contribution in [0.3, 0.4) is 0 Å². The van der Waals surface area contributed by atoms with Gasteiger partial charge in [-0.2, -0.15) is 4.98 Å². The first-order valence-corrected chi connectivity index (χ1v) is 7.17. The Morgan fingerprint density at radius 3 is 2.80 bits per heavy atom. The average Bonchev–Trinajstić information content (AvgIpc) is 2.41. The number of nitrogens with two attached hydrogens (primary N) is 1. The lowest BCUT2D eigenvalue weighted by Crippen LogP contribution is -2.47. The van der Waals surface area contributed by atoms with Crippen LogP contribution in [0, 0.1) is 0 Å². The van der Waals surface area contributed by atoms with Crippen molar-refractivity contribution in [3.63, 3.8) is 0 Å². The van der Waals surface area contributed by atoms with Gasteiger partial charge in [0.25, 0.3) is 0 Å². The van der Waals surface area contributed by atoms with E-state index in [4.69, 9.17) is 15.2 Å². The van der Waals surface area contributed by atoms with E-state index in [1.54, 1.807) is 7.11 Å². The van der Waals surface area contributed by atoms with Gasteiger partial charge in [-0.05, 0) is 45.7 Å². The molecule has 1 aliphatic heterocycles. The van der Waals surface area contributed by atoms with Crippen molar-refractivity contribution in [3.05, 3.63) is 12.1 Å². The van der Waals surface area contributed by atoms with Crippen LogP contribution in [0.5, 0.6) is 5.88 Å². The molecule has 5 heteroatoms. The van der Waals surface area contributed by atoms with Crippen LogP contribution in [0.1, 0.15) is 33.6 Å². The minimum Gasteiger partial charge on any atom is -0.473 e. The summed E-state index contributed by atoms with van der Waals surface area (Å²) in [6.07, 6.45) is 2.23. The van der Waals surface area contributed by atoms with E-state index in [2.05, 4.69) is 16.8 Å². The van der Waals surface area contributed by atoms with Crippen LogP contribution in [0.2, 0.25) is 0 Å². The second kappa shape index (κ2) is 5.87. The fourth-order valence-electron chi connectivity index (χ4n) is 2.50. The first-order valence-electron chi connectivity index (χ1n) is 7.17. The van der Waals surface area contributed by atoms with E-state index in [0.29, 0.717) is 11.6 Å². The number of ether oxygens (including phenoxy) is 2. The number of hydrogen-bond acceptors (Lipinski definition) is 5. The SMILES string of the molecule is COC1(C)CCCN(c2ccc(N)c(OC(C)C)n2)C1. The Balaban J connectivity index is 2.20. The zero-order valence-corrected chi connectivity index (χ0v) is 12.8. The van der Waals surface area contributed by atoms with E-state index < -0.39 is 0 Å². The van der Waals surface area contributed by atoms with Crippen molar-refractivity contribution in [1.29, 1.82) is 0 Å². The number of anilines is 2. The molecule has 0 bridgehead atoms. The molecule has 0 saturated carbocycles. The molecule has 2 N–H and O–H groups in total. The standard InChI is InChI=1S/C15H25N3O2/c1-11(2)20-14-12(16)6-7-13(17-14)18-9-5-8-15(3,10-18)19-4/h6-7,11H,5,8-10,16H2,1-4H3. The number of pyridine rings is 1. The minimum atomic E-state index is -0.111. The molecule has 1 fully saturated rings. The molecular formula is C15H25N3O2. The zero-order valence-electron chi connectivity index (χ0n) is 12.8. The molecule has 1 aromatic heterocycles.